The van der Waals surface area contributed by atoms with Crippen molar-refractivity contribution in [3.05, 3.63) is 24.2 Å². The third-order valence-corrected chi connectivity index (χ3v) is 3.19. The van der Waals surface area contributed by atoms with E-state index in [1.165, 1.54) is 0 Å². The molecule has 0 radical (unpaired) electrons. The molecular formula is C11H10N2O3. The maximum atomic E-state index is 11.3. The molecule has 16 heavy (non-hydrogen) atoms. The molecule has 5 nitrogen and oxygen atoms in total. The van der Waals surface area contributed by atoms with Crippen LogP contribution in [0.2, 0.25) is 0 Å². The molecule has 1 fully saturated rings. The molecule has 0 spiro atoms. The van der Waals surface area contributed by atoms with E-state index in [9.17, 15) is 9.90 Å². The summed E-state index contributed by atoms with van der Waals surface area (Å²) in [6, 6.07) is 3.48. The summed E-state index contributed by atoms with van der Waals surface area (Å²) >= 11 is 0. The molecule has 0 aliphatic heterocycles. The molecule has 0 bridgehead atoms. The van der Waals surface area contributed by atoms with E-state index in [-0.39, 0.29) is 0 Å². The molecule has 2 aromatic heterocycles. The van der Waals surface area contributed by atoms with Gasteiger partial charge in [0, 0.05) is 6.20 Å². The second-order valence-corrected chi connectivity index (χ2v) is 4.08. The van der Waals surface area contributed by atoms with Gasteiger partial charge in [-0.3, -0.25) is 4.79 Å². The van der Waals surface area contributed by atoms with Crippen molar-refractivity contribution in [3.8, 4) is 0 Å². The number of fused-ring (bicyclic) bond motifs is 1. The summed E-state index contributed by atoms with van der Waals surface area (Å²) < 4.78 is 5.48. The standard InChI is InChI=1S/C11H10N2O3/c14-10(15)11(4-2-5-11)9-13-8-7(16-9)3-1-6-12-8/h1,3,6H,2,4-5H2,(H,14,15). The fourth-order valence-electron chi connectivity index (χ4n) is 2.02. The van der Waals surface area contributed by atoms with E-state index < -0.39 is 11.4 Å². The van der Waals surface area contributed by atoms with Crippen LogP contribution >= 0.6 is 0 Å². The number of hydrogen-bond acceptors (Lipinski definition) is 4. The second-order valence-electron chi connectivity index (χ2n) is 4.08. The number of pyridine rings is 1. The Kier molecular flexibility index (Phi) is 1.77. The zero-order valence-electron chi connectivity index (χ0n) is 8.51. The van der Waals surface area contributed by atoms with Crippen LogP contribution in [0.3, 0.4) is 0 Å². The van der Waals surface area contributed by atoms with Crippen LogP contribution in [-0.4, -0.2) is 21.0 Å². The fourth-order valence-corrected chi connectivity index (χ4v) is 2.02. The molecule has 5 heteroatoms. The smallest absolute Gasteiger partial charge is 0.319 e. The van der Waals surface area contributed by atoms with Crippen LogP contribution in [0.25, 0.3) is 11.2 Å². The summed E-state index contributed by atoms with van der Waals surface area (Å²) in [4.78, 5) is 19.5. The Balaban J connectivity index is 2.15. The molecule has 0 aromatic carbocycles. The first-order chi connectivity index (χ1) is 7.72. The first-order valence-corrected chi connectivity index (χ1v) is 5.18. The highest BCUT2D eigenvalue weighted by molar-refractivity contribution is 5.82. The maximum absolute atomic E-state index is 11.3. The molecule has 0 atom stereocenters. The van der Waals surface area contributed by atoms with Crippen LogP contribution < -0.4 is 0 Å². The van der Waals surface area contributed by atoms with Gasteiger partial charge in [-0.1, -0.05) is 6.42 Å². The third-order valence-electron chi connectivity index (χ3n) is 3.19. The van der Waals surface area contributed by atoms with Crippen LogP contribution in [-0.2, 0) is 10.2 Å². The number of hydrogen-bond donors (Lipinski definition) is 1. The van der Waals surface area contributed by atoms with Crippen LogP contribution in [0.1, 0.15) is 25.2 Å². The van der Waals surface area contributed by atoms with Gasteiger partial charge in [0.25, 0.3) is 0 Å². The summed E-state index contributed by atoms with van der Waals surface area (Å²) in [5, 5.41) is 9.24. The largest absolute Gasteiger partial charge is 0.480 e. The normalized spacial score (nSPS) is 18.2. The summed E-state index contributed by atoms with van der Waals surface area (Å²) in [5.74, 6) is -0.565. The van der Waals surface area contributed by atoms with Gasteiger partial charge in [-0.15, -0.1) is 0 Å². The van der Waals surface area contributed by atoms with Crippen LogP contribution in [0.5, 0.6) is 0 Å². The van der Waals surface area contributed by atoms with E-state index in [1.54, 1.807) is 18.3 Å². The van der Waals surface area contributed by atoms with Crippen LogP contribution in [0.4, 0.5) is 0 Å². The molecule has 1 N–H and O–H groups in total. The van der Waals surface area contributed by atoms with Crippen LogP contribution in [0, 0.1) is 0 Å². The van der Waals surface area contributed by atoms with E-state index in [1.807, 2.05) is 0 Å². The minimum atomic E-state index is -0.916. The predicted molar refractivity (Wildman–Crippen MR) is 55.0 cm³/mol. The number of carboxylic acid groups (broad SMARTS) is 1. The minimum absolute atomic E-state index is 0.292. The Labute approximate surface area is 91.1 Å². The second kappa shape index (κ2) is 3.04. The minimum Gasteiger partial charge on any atom is -0.480 e. The van der Waals surface area contributed by atoms with E-state index >= 15 is 0 Å². The Hall–Kier alpha value is -1.91. The lowest BCUT2D eigenvalue weighted by atomic mass is 9.69. The Bertz CT molecular complexity index is 524. The number of carboxylic acids is 1. The summed E-state index contributed by atoms with van der Waals surface area (Å²) in [6.45, 7) is 0. The van der Waals surface area contributed by atoms with Crippen molar-refractivity contribution in [1.82, 2.24) is 9.97 Å². The average Bonchev–Trinajstić information content (AvgIpc) is 2.58. The van der Waals surface area contributed by atoms with Gasteiger partial charge in [-0.05, 0) is 25.0 Å². The van der Waals surface area contributed by atoms with E-state index in [0.29, 0.717) is 30.0 Å². The molecule has 1 aliphatic carbocycles. The van der Waals surface area contributed by atoms with Crippen molar-refractivity contribution < 1.29 is 14.3 Å². The number of rotatable bonds is 2. The molecule has 82 valence electrons. The van der Waals surface area contributed by atoms with Gasteiger partial charge in [0.2, 0.25) is 5.89 Å². The maximum Gasteiger partial charge on any atom is 0.319 e. The highest BCUT2D eigenvalue weighted by Gasteiger charge is 2.50. The van der Waals surface area contributed by atoms with Gasteiger partial charge >= 0.3 is 5.97 Å². The van der Waals surface area contributed by atoms with Crippen molar-refractivity contribution in [1.29, 1.82) is 0 Å². The topological polar surface area (TPSA) is 76.2 Å². The average molecular weight is 218 g/mol. The van der Waals surface area contributed by atoms with Gasteiger partial charge in [-0.2, -0.15) is 4.98 Å². The number of aliphatic carboxylic acids is 1. The van der Waals surface area contributed by atoms with Gasteiger partial charge in [0.1, 0.15) is 5.41 Å². The number of carbonyl (C=O) groups is 1. The molecule has 0 amide bonds. The third kappa shape index (κ3) is 1.08. The van der Waals surface area contributed by atoms with Gasteiger partial charge < -0.3 is 9.52 Å². The first kappa shape index (κ1) is 9.33. The molecule has 2 heterocycles. The lowest BCUT2D eigenvalue weighted by Crippen LogP contribution is -2.42. The Morgan fingerprint density at radius 1 is 1.50 bits per heavy atom. The molecule has 0 unspecified atom stereocenters. The van der Waals surface area contributed by atoms with Crippen molar-refractivity contribution in [3.63, 3.8) is 0 Å². The zero-order valence-corrected chi connectivity index (χ0v) is 8.51. The molecule has 1 aliphatic rings. The van der Waals surface area contributed by atoms with E-state index in [0.717, 1.165) is 6.42 Å². The molecular weight excluding hydrogens is 208 g/mol. The molecule has 3 rings (SSSR count). The van der Waals surface area contributed by atoms with Gasteiger partial charge in [-0.25, -0.2) is 4.98 Å². The molecule has 2 aromatic rings. The quantitative estimate of drug-likeness (QED) is 0.830. The Morgan fingerprint density at radius 2 is 2.31 bits per heavy atom. The lowest BCUT2D eigenvalue weighted by Gasteiger charge is -2.34. The van der Waals surface area contributed by atoms with Crippen molar-refractivity contribution in [2.45, 2.75) is 24.7 Å². The van der Waals surface area contributed by atoms with Crippen molar-refractivity contribution >= 4 is 17.2 Å². The number of oxazole rings is 1. The Morgan fingerprint density at radius 3 is 2.88 bits per heavy atom. The van der Waals surface area contributed by atoms with Gasteiger partial charge in [0.05, 0.1) is 0 Å². The molecule has 1 saturated carbocycles. The highest BCUT2D eigenvalue weighted by atomic mass is 16.4. The summed E-state index contributed by atoms with van der Waals surface area (Å²) in [7, 11) is 0. The number of nitrogens with zero attached hydrogens (tertiary/aromatic N) is 2. The van der Waals surface area contributed by atoms with Crippen molar-refractivity contribution in [2.75, 3.05) is 0 Å². The molecule has 0 saturated heterocycles. The van der Waals surface area contributed by atoms with E-state index in [4.69, 9.17) is 4.42 Å². The highest BCUT2D eigenvalue weighted by Crippen LogP contribution is 2.44. The monoisotopic (exact) mass is 218 g/mol. The first-order valence-electron chi connectivity index (χ1n) is 5.18. The van der Waals surface area contributed by atoms with Gasteiger partial charge in [0.15, 0.2) is 11.2 Å². The summed E-state index contributed by atoms with van der Waals surface area (Å²) in [5.41, 5.74) is 0.107. The van der Waals surface area contributed by atoms with Crippen LogP contribution in [0.15, 0.2) is 22.7 Å². The number of aromatic nitrogens is 2. The fraction of sp³-hybridized carbons (Fsp3) is 0.364. The lowest BCUT2D eigenvalue weighted by molar-refractivity contribution is -0.148. The van der Waals surface area contributed by atoms with E-state index in [2.05, 4.69) is 9.97 Å². The zero-order chi connectivity index (χ0) is 11.2. The SMILES string of the molecule is O=C(O)C1(c2nc3ncccc3o2)CCC1. The predicted octanol–water partition coefficient (Wildman–Crippen LogP) is 1.73. The van der Waals surface area contributed by atoms with Crippen molar-refractivity contribution in [2.24, 2.45) is 0 Å². The summed E-state index contributed by atoms with van der Waals surface area (Å²) in [6.07, 6.45) is 3.70.